The van der Waals surface area contributed by atoms with Gasteiger partial charge in [-0.05, 0) is 42.7 Å². The van der Waals surface area contributed by atoms with Crippen LogP contribution in [0.2, 0.25) is 0 Å². The maximum Gasteiger partial charge on any atom is 0.229 e. The molecule has 1 saturated carbocycles. The number of amides is 2. The van der Waals surface area contributed by atoms with Gasteiger partial charge in [-0.3, -0.25) is 9.59 Å². The lowest BCUT2D eigenvalue weighted by molar-refractivity contribution is -0.129. The average Bonchev–Trinajstić information content (AvgIpc) is 3.38. The van der Waals surface area contributed by atoms with Crippen LogP contribution in [0.1, 0.15) is 37.7 Å². The minimum Gasteiger partial charge on any atom is -0.489 e. The first-order valence-electron chi connectivity index (χ1n) is 10.1. The van der Waals surface area contributed by atoms with E-state index in [9.17, 15) is 9.59 Å². The van der Waals surface area contributed by atoms with Crippen LogP contribution in [0.3, 0.4) is 0 Å². The Morgan fingerprint density at radius 1 is 1.04 bits per heavy atom. The molecule has 0 radical (unpaired) electrons. The van der Waals surface area contributed by atoms with Gasteiger partial charge in [0.2, 0.25) is 11.8 Å². The van der Waals surface area contributed by atoms with Crippen molar-refractivity contribution in [2.24, 2.45) is 5.92 Å². The van der Waals surface area contributed by atoms with Gasteiger partial charge in [0.05, 0.1) is 5.92 Å². The molecule has 4 rings (SSSR count). The van der Waals surface area contributed by atoms with Crippen LogP contribution >= 0.6 is 0 Å². The maximum absolute atomic E-state index is 12.6. The lowest BCUT2D eigenvalue weighted by Crippen LogP contribution is -2.35. The molecule has 0 unspecified atom stereocenters. The number of carbonyl (C=O) groups excluding carboxylic acids is 2. The summed E-state index contributed by atoms with van der Waals surface area (Å²) in [5.74, 6) is 0.538. The highest BCUT2D eigenvalue weighted by atomic mass is 16.5. The van der Waals surface area contributed by atoms with Gasteiger partial charge in [-0.25, -0.2) is 0 Å². The highest BCUT2D eigenvalue weighted by molar-refractivity contribution is 5.97. The Labute approximate surface area is 165 Å². The molecule has 0 bridgehead atoms. The Hall–Kier alpha value is -2.82. The average molecular weight is 378 g/mol. The monoisotopic (exact) mass is 378 g/mol. The third-order valence-electron chi connectivity index (χ3n) is 5.66. The van der Waals surface area contributed by atoms with Crippen LogP contribution in [-0.4, -0.2) is 29.3 Å². The maximum atomic E-state index is 12.6. The van der Waals surface area contributed by atoms with Crippen LogP contribution in [-0.2, 0) is 16.2 Å². The first kappa shape index (κ1) is 18.5. The molecule has 146 valence electrons. The van der Waals surface area contributed by atoms with Gasteiger partial charge in [0, 0.05) is 24.7 Å². The molecule has 0 spiro atoms. The molecule has 1 saturated heterocycles. The van der Waals surface area contributed by atoms with E-state index in [0.717, 1.165) is 29.8 Å². The van der Waals surface area contributed by atoms with E-state index in [2.05, 4.69) is 5.32 Å². The van der Waals surface area contributed by atoms with E-state index in [-0.39, 0.29) is 17.7 Å². The Bertz CT molecular complexity index is 814. The molecule has 2 fully saturated rings. The van der Waals surface area contributed by atoms with E-state index in [1.807, 2.05) is 59.5 Å². The summed E-state index contributed by atoms with van der Waals surface area (Å²) < 4.78 is 5.77. The molecule has 1 atom stereocenters. The highest BCUT2D eigenvalue weighted by Gasteiger charge is 2.38. The van der Waals surface area contributed by atoms with Crippen LogP contribution < -0.4 is 10.1 Å². The molecule has 2 aliphatic rings. The largest absolute Gasteiger partial charge is 0.489 e. The molecule has 2 aromatic rings. The van der Waals surface area contributed by atoms with Gasteiger partial charge >= 0.3 is 0 Å². The van der Waals surface area contributed by atoms with E-state index in [1.54, 1.807) is 0 Å². The zero-order valence-electron chi connectivity index (χ0n) is 16.0. The van der Waals surface area contributed by atoms with E-state index < -0.39 is 0 Å². The number of hydrogen-bond donors (Lipinski definition) is 1. The molecular formula is C23H26N2O3. The van der Waals surface area contributed by atoms with Crippen molar-refractivity contribution in [3.05, 3.63) is 60.2 Å². The number of likely N-dealkylation sites (tertiary alicyclic amines) is 1. The predicted molar refractivity (Wildman–Crippen MR) is 108 cm³/mol. The smallest absolute Gasteiger partial charge is 0.229 e. The fraction of sp³-hybridized carbons (Fsp3) is 0.391. The number of carbonyl (C=O) groups is 2. The van der Waals surface area contributed by atoms with Crippen molar-refractivity contribution >= 4 is 17.5 Å². The SMILES string of the molecule is O=C(Nc1ccc(OCc2ccccc2)cc1)[C@H]1CC(=O)N(C2CCCC2)C1. The van der Waals surface area contributed by atoms with Crippen molar-refractivity contribution in [2.45, 2.75) is 44.8 Å². The number of hydrogen-bond acceptors (Lipinski definition) is 3. The quantitative estimate of drug-likeness (QED) is 0.827. The van der Waals surface area contributed by atoms with Crippen molar-refractivity contribution in [1.82, 2.24) is 4.90 Å². The summed E-state index contributed by atoms with van der Waals surface area (Å²) in [5.41, 5.74) is 1.83. The first-order valence-corrected chi connectivity index (χ1v) is 10.1. The summed E-state index contributed by atoms with van der Waals surface area (Å²) in [4.78, 5) is 26.8. The second-order valence-corrected chi connectivity index (χ2v) is 7.67. The van der Waals surface area contributed by atoms with Crippen molar-refractivity contribution in [3.8, 4) is 5.75 Å². The first-order chi connectivity index (χ1) is 13.7. The summed E-state index contributed by atoms with van der Waals surface area (Å²) in [5, 5.41) is 2.94. The zero-order valence-corrected chi connectivity index (χ0v) is 16.0. The molecule has 1 heterocycles. The molecule has 1 N–H and O–H groups in total. The van der Waals surface area contributed by atoms with E-state index in [1.165, 1.54) is 12.8 Å². The summed E-state index contributed by atoms with van der Waals surface area (Å²) >= 11 is 0. The van der Waals surface area contributed by atoms with Gasteiger partial charge < -0.3 is 15.0 Å². The molecule has 2 aromatic carbocycles. The van der Waals surface area contributed by atoms with E-state index in [4.69, 9.17) is 4.74 Å². The standard InChI is InChI=1S/C23H26N2O3/c26-22-14-18(15-25(22)20-8-4-5-9-20)23(27)24-19-10-12-21(13-11-19)28-16-17-6-2-1-3-7-17/h1-3,6-7,10-13,18,20H,4-5,8-9,14-16H2,(H,24,27)/t18-/m0/s1. The molecule has 0 aromatic heterocycles. The highest BCUT2D eigenvalue weighted by Crippen LogP contribution is 2.30. The van der Waals surface area contributed by atoms with Crippen molar-refractivity contribution < 1.29 is 14.3 Å². The molecule has 5 heteroatoms. The van der Waals surface area contributed by atoms with Gasteiger partial charge in [0.25, 0.3) is 0 Å². The number of rotatable bonds is 6. The second kappa shape index (κ2) is 8.46. The van der Waals surface area contributed by atoms with Gasteiger partial charge in [-0.1, -0.05) is 43.2 Å². The van der Waals surface area contributed by atoms with Crippen molar-refractivity contribution in [3.63, 3.8) is 0 Å². The van der Waals surface area contributed by atoms with Crippen LogP contribution in [0.5, 0.6) is 5.75 Å². The molecule has 1 aliphatic carbocycles. The van der Waals surface area contributed by atoms with Crippen LogP contribution in [0.4, 0.5) is 5.69 Å². The number of nitrogens with zero attached hydrogens (tertiary/aromatic N) is 1. The number of anilines is 1. The van der Waals surface area contributed by atoms with Crippen LogP contribution in [0.25, 0.3) is 0 Å². The van der Waals surface area contributed by atoms with Crippen LogP contribution in [0.15, 0.2) is 54.6 Å². The fourth-order valence-corrected chi connectivity index (χ4v) is 4.10. The molecule has 5 nitrogen and oxygen atoms in total. The topological polar surface area (TPSA) is 58.6 Å². The summed E-state index contributed by atoms with van der Waals surface area (Å²) in [6, 6.07) is 17.7. The predicted octanol–water partition coefficient (Wildman–Crippen LogP) is 4.00. The third-order valence-corrected chi connectivity index (χ3v) is 5.66. The molecular weight excluding hydrogens is 352 g/mol. The van der Waals surface area contributed by atoms with Crippen LogP contribution in [0, 0.1) is 5.92 Å². The molecule has 1 aliphatic heterocycles. The molecule has 2 amide bonds. The van der Waals surface area contributed by atoms with Gasteiger partial charge in [-0.2, -0.15) is 0 Å². The van der Waals surface area contributed by atoms with Gasteiger partial charge in [0.1, 0.15) is 12.4 Å². The van der Waals surface area contributed by atoms with Gasteiger partial charge in [0.15, 0.2) is 0 Å². The minimum atomic E-state index is -0.262. The van der Waals surface area contributed by atoms with E-state index >= 15 is 0 Å². The van der Waals surface area contributed by atoms with Crippen molar-refractivity contribution in [2.75, 3.05) is 11.9 Å². The second-order valence-electron chi connectivity index (χ2n) is 7.67. The minimum absolute atomic E-state index is 0.0770. The summed E-state index contributed by atoms with van der Waals surface area (Å²) in [6.45, 7) is 1.06. The Balaban J connectivity index is 1.29. The normalized spacial score (nSPS) is 19.8. The third kappa shape index (κ3) is 4.35. The zero-order chi connectivity index (χ0) is 19.3. The Morgan fingerprint density at radius 3 is 2.46 bits per heavy atom. The Morgan fingerprint density at radius 2 is 1.75 bits per heavy atom. The number of ether oxygens (including phenoxy) is 1. The lowest BCUT2D eigenvalue weighted by atomic mass is 10.1. The Kier molecular flexibility index (Phi) is 5.60. The molecule has 28 heavy (non-hydrogen) atoms. The van der Waals surface area contributed by atoms with E-state index in [0.29, 0.717) is 25.6 Å². The summed E-state index contributed by atoms with van der Waals surface area (Å²) in [6.07, 6.45) is 4.84. The fourth-order valence-electron chi connectivity index (χ4n) is 4.10. The number of benzene rings is 2. The van der Waals surface area contributed by atoms with Crippen molar-refractivity contribution in [1.29, 1.82) is 0 Å². The lowest BCUT2D eigenvalue weighted by Gasteiger charge is -2.23. The number of nitrogens with one attached hydrogen (secondary N) is 1. The van der Waals surface area contributed by atoms with Gasteiger partial charge in [-0.15, -0.1) is 0 Å². The summed E-state index contributed by atoms with van der Waals surface area (Å²) in [7, 11) is 0.